The predicted octanol–water partition coefficient (Wildman–Crippen LogP) is 3.60. The molecule has 21 heavy (non-hydrogen) atoms. The molecule has 3 nitrogen and oxygen atoms in total. The van der Waals surface area contributed by atoms with Gasteiger partial charge in [-0.3, -0.25) is 4.79 Å². The molecule has 0 atom stereocenters. The number of ether oxygens (including phenoxy) is 1. The number of carbonyl (C=O) groups excluding carboxylic acids is 1. The van der Waals surface area contributed by atoms with Crippen molar-refractivity contribution in [1.82, 2.24) is 5.32 Å². The third-order valence-electron chi connectivity index (χ3n) is 3.09. The molecule has 0 unspecified atom stereocenters. The SMILES string of the molecule is CCc1ccccc1OCC(=O)NCc1cccc(Cl)c1. The van der Waals surface area contributed by atoms with Crippen molar-refractivity contribution in [1.29, 1.82) is 0 Å². The maximum Gasteiger partial charge on any atom is 0.258 e. The molecule has 2 aromatic rings. The van der Waals surface area contributed by atoms with Gasteiger partial charge >= 0.3 is 0 Å². The molecule has 0 saturated carbocycles. The summed E-state index contributed by atoms with van der Waals surface area (Å²) in [5.41, 5.74) is 2.06. The van der Waals surface area contributed by atoms with E-state index in [9.17, 15) is 4.79 Å². The van der Waals surface area contributed by atoms with Crippen LogP contribution in [0.15, 0.2) is 48.5 Å². The monoisotopic (exact) mass is 303 g/mol. The van der Waals surface area contributed by atoms with E-state index in [4.69, 9.17) is 16.3 Å². The van der Waals surface area contributed by atoms with Crippen molar-refractivity contribution < 1.29 is 9.53 Å². The van der Waals surface area contributed by atoms with Crippen molar-refractivity contribution in [2.45, 2.75) is 19.9 Å². The number of carbonyl (C=O) groups is 1. The van der Waals surface area contributed by atoms with Crippen LogP contribution >= 0.6 is 11.6 Å². The minimum absolute atomic E-state index is 0.0115. The summed E-state index contributed by atoms with van der Waals surface area (Å²) in [5, 5.41) is 3.47. The third kappa shape index (κ3) is 4.80. The molecule has 0 heterocycles. The molecule has 110 valence electrons. The highest BCUT2D eigenvalue weighted by atomic mass is 35.5. The van der Waals surface area contributed by atoms with Crippen LogP contribution in [0, 0.1) is 0 Å². The van der Waals surface area contributed by atoms with Gasteiger partial charge in [0.05, 0.1) is 0 Å². The molecule has 1 N–H and O–H groups in total. The standard InChI is InChI=1S/C17H18ClNO2/c1-2-14-7-3-4-9-16(14)21-12-17(20)19-11-13-6-5-8-15(18)10-13/h3-10H,2,11-12H2,1H3,(H,19,20). The number of hydrogen-bond donors (Lipinski definition) is 1. The Labute approximate surface area is 129 Å². The average Bonchev–Trinajstić information content (AvgIpc) is 2.51. The van der Waals surface area contributed by atoms with Crippen LogP contribution in [0.1, 0.15) is 18.1 Å². The van der Waals surface area contributed by atoms with Crippen molar-refractivity contribution in [2.75, 3.05) is 6.61 Å². The number of benzene rings is 2. The molecule has 0 aliphatic carbocycles. The van der Waals surface area contributed by atoms with Gasteiger partial charge in [0, 0.05) is 11.6 Å². The number of nitrogens with one attached hydrogen (secondary N) is 1. The molecule has 4 heteroatoms. The number of para-hydroxylation sites is 1. The van der Waals surface area contributed by atoms with Crippen molar-refractivity contribution >= 4 is 17.5 Å². The quantitative estimate of drug-likeness (QED) is 0.885. The summed E-state index contributed by atoms with van der Waals surface area (Å²) in [6.07, 6.45) is 0.875. The Bertz CT molecular complexity index is 613. The van der Waals surface area contributed by atoms with Crippen molar-refractivity contribution in [3.8, 4) is 5.75 Å². The Morgan fingerprint density at radius 1 is 1.19 bits per heavy atom. The Morgan fingerprint density at radius 3 is 2.76 bits per heavy atom. The van der Waals surface area contributed by atoms with Crippen LogP contribution in [0.25, 0.3) is 0 Å². The second kappa shape index (κ2) is 7.70. The lowest BCUT2D eigenvalue weighted by Gasteiger charge is -2.10. The highest BCUT2D eigenvalue weighted by Crippen LogP contribution is 2.18. The Kier molecular flexibility index (Phi) is 5.64. The Balaban J connectivity index is 1.82. The maximum atomic E-state index is 11.8. The van der Waals surface area contributed by atoms with Gasteiger partial charge in [0.25, 0.3) is 5.91 Å². The van der Waals surface area contributed by atoms with Crippen LogP contribution < -0.4 is 10.1 Å². The second-order valence-corrected chi connectivity index (χ2v) is 5.09. The van der Waals surface area contributed by atoms with Gasteiger partial charge < -0.3 is 10.1 Å². The summed E-state index contributed by atoms with van der Waals surface area (Å²) in [4.78, 5) is 11.8. The summed E-state index contributed by atoms with van der Waals surface area (Å²) in [5.74, 6) is 0.610. The number of rotatable bonds is 6. The van der Waals surface area contributed by atoms with Gasteiger partial charge in [-0.2, -0.15) is 0 Å². The van der Waals surface area contributed by atoms with E-state index in [1.807, 2.05) is 42.5 Å². The van der Waals surface area contributed by atoms with Crippen molar-refractivity contribution in [2.24, 2.45) is 0 Å². The molecule has 0 radical (unpaired) electrons. The number of halogens is 1. The molecule has 0 aliphatic rings. The molecule has 0 spiro atoms. The first-order valence-electron chi connectivity index (χ1n) is 6.91. The van der Waals surface area contributed by atoms with Gasteiger partial charge in [0.1, 0.15) is 5.75 Å². The zero-order valence-corrected chi connectivity index (χ0v) is 12.7. The summed E-state index contributed by atoms with van der Waals surface area (Å²) < 4.78 is 5.56. The highest BCUT2D eigenvalue weighted by Gasteiger charge is 2.05. The molecule has 0 saturated heterocycles. The minimum Gasteiger partial charge on any atom is -0.483 e. The lowest BCUT2D eigenvalue weighted by Crippen LogP contribution is -2.28. The number of amides is 1. The van der Waals surface area contributed by atoms with E-state index in [1.165, 1.54) is 0 Å². The van der Waals surface area contributed by atoms with E-state index in [2.05, 4.69) is 12.2 Å². The van der Waals surface area contributed by atoms with Gasteiger partial charge in [-0.05, 0) is 35.7 Å². The Morgan fingerprint density at radius 2 is 2.00 bits per heavy atom. The van der Waals surface area contributed by atoms with Crippen molar-refractivity contribution in [3.05, 3.63) is 64.7 Å². The minimum atomic E-state index is -0.152. The lowest BCUT2D eigenvalue weighted by molar-refractivity contribution is -0.123. The summed E-state index contributed by atoms with van der Waals surface area (Å²) in [7, 11) is 0. The summed E-state index contributed by atoms with van der Waals surface area (Å²) in [6, 6.07) is 15.1. The van der Waals surface area contributed by atoms with Crippen LogP contribution in [0.5, 0.6) is 5.75 Å². The maximum absolute atomic E-state index is 11.8. The molecule has 0 aromatic heterocycles. The van der Waals surface area contributed by atoms with Crippen LogP contribution in [0.4, 0.5) is 0 Å². The summed E-state index contributed by atoms with van der Waals surface area (Å²) in [6.45, 7) is 2.51. The first kappa shape index (κ1) is 15.4. The normalized spacial score (nSPS) is 10.2. The fraction of sp³-hybridized carbons (Fsp3) is 0.235. The van der Waals surface area contributed by atoms with Gasteiger partial charge in [0.15, 0.2) is 6.61 Å². The molecule has 2 rings (SSSR count). The topological polar surface area (TPSA) is 38.3 Å². The molecule has 0 bridgehead atoms. The first-order valence-corrected chi connectivity index (χ1v) is 7.28. The van der Waals surface area contributed by atoms with E-state index in [1.54, 1.807) is 6.07 Å². The van der Waals surface area contributed by atoms with E-state index in [0.717, 1.165) is 23.3 Å². The van der Waals surface area contributed by atoms with E-state index in [0.29, 0.717) is 11.6 Å². The molecule has 2 aromatic carbocycles. The molecule has 1 amide bonds. The van der Waals surface area contributed by atoms with Gasteiger partial charge in [-0.1, -0.05) is 48.9 Å². The molecular weight excluding hydrogens is 286 g/mol. The highest BCUT2D eigenvalue weighted by molar-refractivity contribution is 6.30. The van der Waals surface area contributed by atoms with Gasteiger partial charge in [0.2, 0.25) is 0 Å². The summed E-state index contributed by atoms with van der Waals surface area (Å²) >= 11 is 5.90. The van der Waals surface area contributed by atoms with Crippen LogP contribution in [-0.4, -0.2) is 12.5 Å². The van der Waals surface area contributed by atoms with E-state index in [-0.39, 0.29) is 12.5 Å². The average molecular weight is 304 g/mol. The zero-order chi connectivity index (χ0) is 15.1. The van der Waals surface area contributed by atoms with Crippen LogP contribution in [0.2, 0.25) is 5.02 Å². The lowest BCUT2D eigenvalue weighted by atomic mass is 10.1. The third-order valence-corrected chi connectivity index (χ3v) is 3.33. The van der Waals surface area contributed by atoms with Gasteiger partial charge in [-0.25, -0.2) is 0 Å². The van der Waals surface area contributed by atoms with Crippen molar-refractivity contribution in [3.63, 3.8) is 0 Å². The first-order chi connectivity index (χ1) is 10.2. The largest absolute Gasteiger partial charge is 0.483 e. The molecule has 0 aliphatic heterocycles. The fourth-order valence-corrected chi connectivity index (χ4v) is 2.19. The molecule has 0 fully saturated rings. The van der Waals surface area contributed by atoms with Gasteiger partial charge in [-0.15, -0.1) is 0 Å². The fourth-order valence-electron chi connectivity index (χ4n) is 1.98. The number of hydrogen-bond acceptors (Lipinski definition) is 2. The van der Waals surface area contributed by atoms with E-state index < -0.39 is 0 Å². The zero-order valence-electron chi connectivity index (χ0n) is 11.9. The smallest absolute Gasteiger partial charge is 0.258 e. The number of aryl methyl sites for hydroxylation is 1. The molecular formula is C17H18ClNO2. The van der Waals surface area contributed by atoms with Crippen LogP contribution in [0.3, 0.4) is 0 Å². The Hall–Kier alpha value is -2.00. The predicted molar refractivity (Wildman–Crippen MR) is 84.6 cm³/mol. The van der Waals surface area contributed by atoms with Crippen LogP contribution in [-0.2, 0) is 17.8 Å². The van der Waals surface area contributed by atoms with E-state index >= 15 is 0 Å². The second-order valence-electron chi connectivity index (χ2n) is 4.66.